The zero-order valence-corrected chi connectivity index (χ0v) is 12.8. The van der Waals surface area contributed by atoms with E-state index in [1.807, 2.05) is 29.7 Å². The number of hydrogen-bond acceptors (Lipinski definition) is 3. The van der Waals surface area contributed by atoms with Crippen LogP contribution in [0.4, 0.5) is 5.82 Å². The number of terminal acetylenes is 1. The number of imidazole rings is 1. The number of rotatable bonds is 4. The van der Waals surface area contributed by atoms with Crippen molar-refractivity contribution in [2.45, 2.75) is 26.8 Å². The summed E-state index contributed by atoms with van der Waals surface area (Å²) in [6.45, 7) is 4.80. The summed E-state index contributed by atoms with van der Waals surface area (Å²) in [5, 5.41) is 3.38. The minimum absolute atomic E-state index is 0.564. The zero-order valence-electron chi connectivity index (χ0n) is 12.8. The van der Waals surface area contributed by atoms with Crippen LogP contribution in [0.3, 0.4) is 0 Å². The lowest BCUT2D eigenvalue weighted by Crippen LogP contribution is -2.05. The first-order chi connectivity index (χ1) is 10.7. The lowest BCUT2D eigenvalue weighted by Gasteiger charge is -2.09. The molecule has 0 atom stereocenters. The Kier molecular flexibility index (Phi) is 3.80. The van der Waals surface area contributed by atoms with Gasteiger partial charge in [-0.3, -0.25) is 4.40 Å². The first-order valence-corrected chi connectivity index (χ1v) is 7.25. The van der Waals surface area contributed by atoms with Crippen LogP contribution < -0.4 is 5.32 Å². The summed E-state index contributed by atoms with van der Waals surface area (Å²) in [7, 11) is 0. The van der Waals surface area contributed by atoms with Crippen molar-refractivity contribution in [2.75, 3.05) is 5.32 Å². The molecule has 0 saturated heterocycles. The highest BCUT2D eigenvalue weighted by molar-refractivity contribution is 5.64. The number of aryl methyl sites for hydroxylation is 2. The van der Waals surface area contributed by atoms with E-state index in [0.717, 1.165) is 29.4 Å². The monoisotopic (exact) mass is 290 g/mol. The third kappa shape index (κ3) is 2.53. The molecular weight excluding hydrogens is 272 g/mol. The van der Waals surface area contributed by atoms with Crippen molar-refractivity contribution in [3.8, 4) is 12.3 Å². The average Bonchev–Trinajstić information content (AvgIpc) is 2.84. The minimum Gasteiger partial charge on any atom is -0.363 e. The van der Waals surface area contributed by atoms with E-state index < -0.39 is 0 Å². The summed E-state index contributed by atoms with van der Waals surface area (Å²) in [6, 6.07) is 8.31. The maximum absolute atomic E-state index is 5.45. The third-order valence-electron chi connectivity index (χ3n) is 3.82. The van der Waals surface area contributed by atoms with Gasteiger partial charge in [0.15, 0.2) is 11.5 Å². The van der Waals surface area contributed by atoms with Crippen LogP contribution in [0.2, 0.25) is 0 Å². The molecule has 0 aliphatic carbocycles. The van der Waals surface area contributed by atoms with Crippen LogP contribution in [-0.2, 0) is 13.0 Å². The topological polar surface area (TPSA) is 42.2 Å². The van der Waals surface area contributed by atoms with E-state index >= 15 is 0 Å². The Morgan fingerprint density at radius 2 is 2.09 bits per heavy atom. The highest BCUT2D eigenvalue weighted by Gasteiger charge is 2.11. The van der Waals surface area contributed by atoms with Gasteiger partial charge in [-0.1, -0.05) is 24.3 Å². The van der Waals surface area contributed by atoms with E-state index in [9.17, 15) is 0 Å². The quantitative estimate of drug-likeness (QED) is 0.751. The Balaban J connectivity index is 1.93. The van der Waals surface area contributed by atoms with Crippen molar-refractivity contribution in [2.24, 2.45) is 0 Å². The average molecular weight is 290 g/mol. The molecule has 4 nitrogen and oxygen atoms in total. The fourth-order valence-electron chi connectivity index (χ4n) is 2.56. The van der Waals surface area contributed by atoms with Gasteiger partial charge in [0.1, 0.15) is 0 Å². The lowest BCUT2D eigenvalue weighted by atomic mass is 10.1. The van der Waals surface area contributed by atoms with Gasteiger partial charge in [0.2, 0.25) is 0 Å². The van der Waals surface area contributed by atoms with Gasteiger partial charge in [-0.25, -0.2) is 9.97 Å². The van der Waals surface area contributed by atoms with Crippen LogP contribution in [-0.4, -0.2) is 14.4 Å². The molecule has 2 aromatic heterocycles. The van der Waals surface area contributed by atoms with Crippen LogP contribution in [0, 0.1) is 26.2 Å². The first kappa shape index (κ1) is 14.2. The maximum atomic E-state index is 5.45. The molecule has 0 fully saturated rings. The number of nitrogens with zero attached hydrogens (tertiary/aromatic N) is 3. The summed E-state index contributed by atoms with van der Waals surface area (Å²) >= 11 is 0. The molecule has 1 aromatic carbocycles. The Bertz CT molecular complexity index is 855. The van der Waals surface area contributed by atoms with Gasteiger partial charge in [-0.2, -0.15) is 0 Å². The summed E-state index contributed by atoms with van der Waals surface area (Å²) in [4.78, 5) is 9.03. The lowest BCUT2D eigenvalue weighted by molar-refractivity contribution is 1.01. The Morgan fingerprint density at radius 1 is 1.27 bits per heavy atom. The van der Waals surface area contributed by atoms with Gasteiger partial charge >= 0.3 is 0 Å². The summed E-state index contributed by atoms with van der Waals surface area (Å²) in [5.41, 5.74) is 5.32. The molecule has 4 heteroatoms. The second-order valence-electron chi connectivity index (χ2n) is 5.27. The van der Waals surface area contributed by atoms with Crippen molar-refractivity contribution in [3.63, 3.8) is 0 Å². The van der Waals surface area contributed by atoms with Gasteiger partial charge < -0.3 is 5.32 Å². The van der Waals surface area contributed by atoms with Crippen LogP contribution in [0.1, 0.15) is 22.5 Å². The van der Waals surface area contributed by atoms with E-state index in [2.05, 4.69) is 40.3 Å². The highest BCUT2D eigenvalue weighted by Crippen LogP contribution is 2.19. The predicted molar refractivity (Wildman–Crippen MR) is 88.8 cm³/mol. The molecule has 0 spiro atoms. The summed E-state index contributed by atoms with van der Waals surface area (Å²) in [5.74, 6) is 3.46. The molecule has 3 aromatic rings. The number of nitrogens with one attached hydrogen (secondary N) is 1. The van der Waals surface area contributed by atoms with Gasteiger partial charge in [-0.15, -0.1) is 12.3 Å². The number of benzene rings is 1. The van der Waals surface area contributed by atoms with Crippen molar-refractivity contribution in [3.05, 3.63) is 59.2 Å². The van der Waals surface area contributed by atoms with Gasteiger partial charge in [0, 0.05) is 18.9 Å². The highest BCUT2D eigenvalue weighted by atomic mass is 15.1. The third-order valence-corrected chi connectivity index (χ3v) is 3.82. The molecule has 0 bridgehead atoms. The van der Waals surface area contributed by atoms with Crippen LogP contribution >= 0.6 is 0 Å². The first-order valence-electron chi connectivity index (χ1n) is 7.25. The van der Waals surface area contributed by atoms with Gasteiger partial charge in [0.05, 0.1) is 17.8 Å². The molecule has 22 heavy (non-hydrogen) atoms. The molecule has 1 N–H and O–H groups in total. The normalized spacial score (nSPS) is 10.6. The molecule has 0 saturated carbocycles. The van der Waals surface area contributed by atoms with Crippen molar-refractivity contribution in [1.29, 1.82) is 0 Å². The second kappa shape index (κ2) is 5.90. The largest absolute Gasteiger partial charge is 0.363 e. The summed E-state index contributed by atoms with van der Waals surface area (Å²) < 4.78 is 2.02. The Hall–Kier alpha value is -2.80. The molecule has 110 valence electrons. The number of fused-ring (bicyclic) bond motifs is 1. The van der Waals surface area contributed by atoms with Gasteiger partial charge in [-0.05, 0) is 25.0 Å². The number of aromatic nitrogens is 3. The van der Waals surface area contributed by atoms with E-state index in [1.54, 1.807) is 6.20 Å². The molecule has 0 aliphatic heterocycles. The SMILES string of the molecule is C#CCc1c(C)nc2c(NCc3ccccc3C)nccn12. The maximum Gasteiger partial charge on any atom is 0.180 e. The Morgan fingerprint density at radius 3 is 2.86 bits per heavy atom. The molecule has 3 rings (SSSR count). The predicted octanol–water partition coefficient (Wildman–Crippen LogP) is 3.13. The molecule has 0 amide bonds. The number of hydrogen-bond donors (Lipinski definition) is 1. The standard InChI is InChI=1S/C18H18N4/c1-4-7-16-14(3)21-18-17(19-10-11-22(16)18)20-12-15-9-6-5-8-13(15)2/h1,5-6,8-11H,7,12H2,2-3H3,(H,19,20). The van der Waals surface area contributed by atoms with Crippen LogP contribution in [0.25, 0.3) is 5.65 Å². The number of anilines is 1. The van der Waals surface area contributed by atoms with Crippen LogP contribution in [0.15, 0.2) is 36.7 Å². The smallest absolute Gasteiger partial charge is 0.180 e. The molecule has 0 radical (unpaired) electrons. The van der Waals surface area contributed by atoms with E-state index in [4.69, 9.17) is 6.42 Å². The van der Waals surface area contributed by atoms with Crippen molar-refractivity contribution >= 4 is 11.5 Å². The minimum atomic E-state index is 0.564. The fraction of sp³-hybridized carbons (Fsp3) is 0.222. The fourth-order valence-corrected chi connectivity index (χ4v) is 2.56. The molecule has 0 unspecified atom stereocenters. The zero-order chi connectivity index (χ0) is 15.5. The van der Waals surface area contributed by atoms with Crippen LogP contribution in [0.5, 0.6) is 0 Å². The molecule has 2 heterocycles. The second-order valence-corrected chi connectivity index (χ2v) is 5.27. The van der Waals surface area contributed by atoms with Crippen molar-refractivity contribution < 1.29 is 0 Å². The Labute approximate surface area is 130 Å². The van der Waals surface area contributed by atoms with E-state index in [-0.39, 0.29) is 0 Å². The van der Waals surface area contributed by atoms with Crippen molar-refractivity contribution in [1.82, 2.24) is 14.4 Å². The van der Waals surface area contributed by atoms with E-state index in [1.165, 1.54) is 11.1 Å². The van der Waals surface area contributed by atoms with Gasteiger partial charge in [0.25, 0.3) is 0 Å². The molecular formula is C18H18N4. The summed E-state index contributed by atoms with van der Waals surface area (Å²) in [6.07, 6.45) is 9.69. The molecule has 0 aliphatic rings. The van der Waals surface area contributed by atoms with E-state index in [0.29, 0.717) is 6.42 Å².